The molecule has 0 aliphatic carbocycles. The highest BCUT2D eigenvalue weighted by molar-refractivity contribution is 6.03. The molecule has 0 amide bonds. The van der Waals surface area contributed by atoms with E-state index >= 15 is 0 Å². The maximum atomic E-state index is 12.7. The summed E-state index contributed by atoms with van der Waals surface area (Å²) in [5, 5.41) is 9.59. The Kier molecular flexibility index (Phi) is 8.80. The molecule has 0 unspecified atom stereocenters. The molecule has 37 heavy (non-hydrogen) atoms. The highest BCUT2D eigenvalue weighted by atomic mass is 19.3. The molecule has 0 bridgehead atoms. The molecule has 0 fully saturated rings. The molecule has 0 N–H and O–H groups in total. The molecule has 3 aromatic rings. The van der Waals surface area contributed by atoms with Gasteiger partial charge in [-0.2, -0.15) is 14.0 Å². The summed E-state index contributed by atoms with van der Waals surface area (Å²) in [6.45, 7) is 4.63. The van der Waals surface area contributed by atoms with Crippen LogP contribution in [-0.2, 0) is 9.53 Å². The van der Waals surface area contributed by atoms with Crippen LogP contribution in [0, 0.1) is 25.2 Å². The minimum absolute atomic E-state index is 0.103. The Labute approximate surface area is 213 Å². The lowest BCUT2D eigenvalue weighted by Crippen LogP contribution is -2.25. The first-order valence-corrected chi connectivity index (χ1v) is 11.5. The van der Waals surface area contributed by atoms with Gasteiger partial charge in [-0.1, -0.05) is 0 Å². The number of carbonyl (C=O) groups is 2. The minimum atomic E-state index is -2.98. The fourth-order valence-corrected chi connectivity index (χ4v) is 3.79. The number of aromatic nitrogens is 1. The number of nitriles is 1. The van der Waals surface area contributed by atoms with Crippen molar-refractivity contribution in [3.05, 3.63) is 82.7 Å². The highest BCUT2D eigenvalue weighted by Gasteiger charge is 2.23. The van der Waals surface area contributed by atoms with Gasteiger partial charge >= 0.3 is 12.6 Å². The number of rotatable bonds is 10. The quantitative estimate of drug-likeness (QED) is 0.148. The minimum Gasteiger partial charge on any atom is -0.494 e. The van der Waals surface area contributed by atoms with Gasteiger partial charge in [0.15, 0.2) is 6.10 Å². The zero-order valence-electron chi connectivity index (χ0n) is 20.8. The van der Waals surface area contributed by atoms with Crippen molar-refractivity contribution in [3.63, 3.8) is 0 Å². The van der Waals surface area contributed by atoms with Crippen molar-refractivity contribution in [2.24, 2.45) is 0 Å². The fourth-order valence-electron chi connectivity index (χ4n) is 3.79. The number of benzene rings is 2. The van der Waals surface area contributed by atoms with E-state index in [1.54, 1.807) is 0 Å². The summed E-state index contributed by atoms with van der Waals surface area (Å²) < 4.78 is 41.6. The molecule has 7 nitrogen and oxygen atoms in total. The summed E-state index contributed by atoms with van der Waals surface area (Å²) in [7, 11) is 0. The van der Waals surface area contributed by atoms with Gasteiger partial charge in [0.25, 0.3) is 0 Å². The highest BCUT2D eigenvalue weighted by Crippen LogP contribution is 2.25. The first kappa shape index (κ1) is 27.1. The first-order valence-electron chi connectivity index (χ1n) is 11.5. The Balaban J connectivity index is 1.76. The molecule has 0 spiro atoms. The van der Waals surface area contributed by atoms with E-state index in [1.807, 2.05) is 61.7 Å². The van der Waals surface area contributed by atoms with E-state index < -0.39 is 24.5 Å². The van der Waals surface area contributed by atoms with Gasteiger partial charge in [-0.05, 0) is 93.9 Å². The summed E-state index contributed by atoms with van der Waals surface area (Å²) >= 11 is 0. The first-order chi connectivity index (χ1) is 17.6. The predicted molar refractivity (Wildman–Crippen MR) is 133 cm³/mol. The van der Waals surface area contributed by atoms with E-state index in [9.17, 15) is 23.6 Å². The van der Waals surface area contributed by atoms with Crippen LogP contribution in [0.2, 0.25) is 0 Å². The Hall–Kier alpha value is -4.45. The van der Waals surface area contributed by atoms with Crippen molar-refractivity contribution in [3.8, 4) is 23.3 Å². The van der Waals surface area contributed by atoms with Gasteiger partial charge in [-0.25, -0.2) is 4.79 Å². The lowest BCUT2D eigenvalue weighted by atomic mass is 10.1. The van der Waals surface area contributed by atoms with E-state index in [1.165, 1.54) is 37.3 Å². The van der Waals surface area contributed by atoms with Gasteiger partial charge in [0.2, 0.25) is 5.78 Å². The number of hydrogen-bond donors (Lipinski definition) is 0. The summed E-state index contributed by atoms with van der Waals surface area (Å²) in [5.41, 5.74) is 3.10. The molecule has 192 valence electrons. The molecule has 0 saturated heterocycles. The lowest BCUT2D eigenvalue weighted by Gasteiger charge is -2.13. The molecule has 0 aliphatic rings. The van der Waals surface area contributed by atoms with E-state index in [-0.39, 0.29) is 16.9 Å². The number of ketones is 1. The molecule has 1 aromatic heterocycles. The third-order valence-electron chi connectivity index (χ3n) is 5.53. The Morgan fingerprint density at radius 1 is 1.05 bits per heavy atom. The fraction of sp³-hybridized carbons (Fsp3) is 0.250. The van der Waals surface area contributed by atoms with Crippen LogP contribution in [0.15, 0.2) is 60.2 Å². The van der Waals surface area contributed by atoms with Gasteiger partial charge in [0.05, 0.1) is 6.61 Å². The maximum Gasteiger partial charge on any atom is 0.387 e. The number of ether oxygens (including phenoxy) is 3. The van der Waals surface area contributed by atoms with E-state index in [2.05, 4.69) is 4.74 Å². The Bertz CT molecular complexity index is 1340. The summed E-state index contributed by atoms with van der Waals surface area (Å²) in [4.78, 5) is 25.3. The van der Waals surface area contributed by atoms with Gasteiger partial charge in [-0.3, -0.25) is 4.79 Å². The SMILES string of the molecule is CCOc1ccc(-n2c(C)cc(/C=C(\C#N)C(=O)O[C@H](C)C(=O)c3ccc(OC(F)F)cc3)c2C)cc1. The molecule has 0 aliphatic heterocycles. The van der Waals surface area contributed by atoms with E-state index in [0.717, 1.165) is 22.8 Å². The molecular weight excluding hydrogens is 482 g/mol. The van der Waals surface area contributed by atoms with Crippen molar-refractivity contribution in [2.75, 3.05) is 6.61 Å². The average molecular weight is 509 g/mol. The van der Waals surface area contributed by atoms with Crippen LogP contribution in [-0.4, -0.2) is 35.6 Å². The standard InChI is InChI=1S/C28H26F2N2O5/c1-5-35-24-12-8-23(9-13-24)32-17(2)14-21(18(32)3)15-22(16-31)27(34)36-19(4)26(33)20-6-10-25(11-7-20)37-28(29)30/h6-15,19,28H,5H2,1-4H3/b22-15+/t19-/m1/s1. The van der Waals surface area contributed by atoms with Gasteiger partial charge < -0.3 is 18.8 Å². The lowest BCUT2D eigenvalue weighted by molar-refractivity contribution is -0.141. The molecule has 9 heteroatoms. The maximum absolute atomic E-state index is 12.7. The summed E-state index contributed by atoms with van der Waals surface area (Å²) in [6, 6.07) is 16.3. The largest absolute Gasteiger partial charge is 0.494 e. The monoisotopic (exact) mass is 508 g/mol. The number of nitrogens with zero attached hydrogens (tertiary/aromatic N) is 2. The molecule has 0 saturated carbocycles. The van der Waals surface area contributed by atoms with Crippen molar-refractivity contribution in [1.29, 1.82) is 5.26 Å². The molecule has 3 rings (SSSR count). The normalized spacial score (nSPS) is 12.1. The Morgan fingerprint density at radius 2 is 1.68 bits per heavy atom. The number of alkyl halides is 2. The van der Waals surface area contributed by atoms with E-state index in [0.29, 0.717) is 12.2 Å². The second kappa shape index (κ2) is 12.0. The average Bonchev–Trinajstić information content (AvgIpc) is 3.15. The number of hydrogen-bond acceptors (Lipinski definition) is 6. The third-order valence-corrected chi connectivity index (χ3v) is 5.53. The zero-order chi connectivity index (χ0) is 27.1. The number of esters is 1. The van der Waals surface area contributed by atoms with Crippen molar-refractivity contribution < 1.29 is 32.6 Å². The summed E-state index contributed by atoms with van der Waals surface area (Å²) in [5.74, 6) is -0.854. The number of Topliss-reactive ketones (excluding diaryl/α,β-unsaturated/α-hetero) is 1. The number of carbonyl (C=O) groups excluding carboxylic acids is 2. The molecule has 1 atom stereocenters. The van der Waals surface area contributed by atoms with E-state index in [4.69, 9.17) is 9.47 Å². The smallest absolute Gasteiger partial charge is 0.387 e. The third kappa shape index (κ3) is 6.61. The molecule has 2 aromatic carbocycles. The molecular formula is C28H26F2N2O5. The van der Waals surface area contributed by atoms with Crippen LogP contribution in [0.5, 0.6) is 11.5 Å². The number of halogens is 2. The van der Waals surface area contributed by atoms with Crippen molar-refractivity contribution in [1.82, 2.24) is 4.57 Å². The zero-order valence-corrected chi connectivity index (χ0v) is 20.8. The van der Waals surface area contributed by atoms with Crippen LogP contribution >= 0.6 is 0 Å². The van der Waals surface area contributed by atoms with Crippen molar-refractivity contribution in [2.45, 2.75) is 40.4 Å². The Morgan fingerprint density at radius 3 is 2.24 bits per heavy atom. The van der Waals surface area contributed by atoms with Gasteiger partial charge in [0, 0.05) is 22.6 Å². The second-order valence-corrected chi connectivity index (χ2v) is 8.07. The summed E-state index contributed by atoms with van der Waals surface area (Å²) in [6.07, 6.45) is 0.214. The second-order valence-electron chi connectivity index (χ2n) is 8.07. The molecule has 1 heterocycles. The van der Waals surface area contributed by atoms with Crippen LogP contribution < -0.4 is 9.47 Å². The van der Waals surface area contributed by atoms with Crippen LogP contribution in [0.3, 0.4) is 0 Å². The van der Waals surface area contributed by atoms with Crippen LogP contribution in [0.1, 0.15) is 41.2 Å². The number of aryl methyl sites for hydroxylation is 1. The van der Waals surface area contributed by atoms with Crippen molar-refractivity contribution >= 4 is 17.8 Å². The van der Waals surface area contributed by atoms with Crippen LogP contribution in [0.4, 0.5) is 8.78 Å². The molecule has 0 radical (unpaired) electrons. The van der Waals surface area contributed by atoms with Gasteiger partial charge in [-0.15, -0.1) is 0 Å². The predicted octanol–water partition coefficient (Wildman–Crippen LogP) is 5.82. The van der Waals surface area contributed by atoms with Gasteiger partial charge in [0.1, 0.15) is 23.1 Å². The van der Waals surface area contributed by atoms with Crippen LogP contribution in [0.25, 0.3) is 11.8 Å². The topological polar surface area (TPSA) is 90.5 Å².